The second-order valence-corrected chi connectivity index (χ2v) is 6.81. The first kappa shape index (κ1) is 19.1. The van der Waals surface area contributed by atoms with Crippen LogP contribution in [-0.4, -0.2) is 35.9 Å². The van der Waals surface area contributed by atoms with Crippen LogP contribution in [0.3, 0.4) is 0 Å². The van der Waals surface area contributed by atoms with Gasteiger partial charge >= 0.3 is 0 Å². The molecular formula is C18H13Cl2N7O2. The van der Waals surface area contributed by atoms with Gasteiger partial charge in [0.15, 0.2) is 5.82 Å². The quantitative estimate of drug-likeness (QED) is 0.381. The molecule has 0 unspecified atom stereocenters. The third-order valence-electron chi connectivity index (χ3n) is 4.10. The number of benzene rings is 1. The Morgan fingerprint density at radius 3 is 2.62 bits per heavy atom. The Morgan fingerprint density at radius 1 is 1.17 bits per heavy atom. The minimum Gasteiger partial charge on any atom is -0.390 e. The van der Waals surface area contributed by atoms with Crippen molar-refractivity contribution >= 4 is 51.8 Å². The first-order chi connectivity index (χ1) is 14.0. The minimum atomic E-state index is -0.632. The van der Waals surface area contributed by atoms with Gasteiger partial charge in [0.1, 0.15) is 23.5 Å². The summed E-state index contributed by atoms with van der Waals surface area (Å²) in [7, 11) is 0. The molecule has 3 aromatic heterocycles. The van der Waals surface area contributed by atoms with E-state index >= 15 is 0 Å². The molecular weight excluding hydrogens is 417 g/mol. The Labute approximate surface area is 173 Å². The van der Waals surface area contributed by atoms with E-state index in [9.17, 15) is 9.90 Å². The van der Waals surface area contributed by atoms with Crippen molar-refractivity contribution in [2.75, 3.05) is 5.32 Å². The normalized spacial score (nSPS) is 11.0. The summed E-state index contributed by atoms with van der Waals surface area (Å²) in [5, 5.41) is 12.8. The molecule has 4 rings (SSSR count). The number of nitrogens with two attached hydrogens (primary N) is 1. The number of hydrogen-bond donors (Lipinski definition) is 4. The van der Waals surface area contributed by atoms with Gasteiger partial charge in [-0.1, -0.05) is 23.2 Å². The number of H-pyrrole nitrogens is 1. The number of primary amides is 1. The Kier molecular flexibility index (Phi) is 5.01. The Bertz CT molecular complexity index is 1220. The maximum absolute atomic E-state index is 11.4. The van der Waals surface area contributed by atoms with Gasteiger partial charge in [-0.25, -0.2) is 19.9 Å². The van der Waals surface area contributed by atoms with Gasteiger partial charge in [0.05, 0.1) is 33.4 Å². The van der Waals surface area contributed by atoms with Crippen molar-refractivity contribution in [3.05, 3.63) is 58.1 Å². The van der Waals surface area contributed by atoms with Crippen LogP contribution in [0, 0.1) is 0 Å². The number of amides is 1. The SMILES string of the molecule is NC(=O)c1cc(Cl)c(-c2nc3c(Nc4cc(CO)ncn4)nccc3[nH]2)c(Cl)c1. The molecule has 4 aromatic rings. The Balaban J connectivity index is 1.78. The molecule has 0 atom stereocenters. The fourth-order valence-corrected chi connectivity index (χ4v) is 3.43. The van der Waals surface area contributed by atoms with E-state index in [1.54, 1.807) is 18.3 Å². The van der Waals surface area contributed by atoms with Crippen LogP contribution < -0.4 is 11.1 Å². The third kappa shape index (κ3) is 3.70. The number of aliphatic hydroxyl groups excluding tert-OH is 1. The fraction of sp³-hybridized carbons (Fsp3) is 0.0556. The van der Waals surface area contributed by atoms with E-state index in [0.717, 1.165) is 0 Å². The van der Waals surface area contributed by atoms with Gasteiger partial charge in [-0.3, -0.25) is 4.79 Å². The molecule has 0 bridgehead atoms. The monoisotopic (exact) mass is 429 g/mol. The number of fused-ring (bicyclic) bond motifs is 1. The maximum atomic E-state index is 11.4. The molecule has 146 valence electrons. The molecule has 29 heavy (non-hydrogen) atoms. The Morgan fingerprint density at radius 2 is 1.93 bits per heavy atom. The van der Waals surface area contributed by atoms with Crippen molar-refractivity contribution in [3.63, 3.8) is 0 Å². The lowest BCUT2D eigenvalue weighted by Gasteiger charge is -2.06. The number of aliphatic hydroxyl groups is 1. The van der Waals surface area contributed by atoms with E-state index in [1.165, 1.54) is 18.5 Å². The van der Waals surface area contributed by atoms with Crippen molar-refractivity contribution in [1.82, 2.24) is 24.9 Å². The van der Waals surface area contributed by atoms with Crippen molar-refractivity contribution in [2.24, 2.45) is 5.73 Å². The zero-order chi connectivity index (χ0) is 20.5. The second kappa shape index (κ2) is 7.63. The fourth-order valence-electron chi connectivity index (χ4n) is 2.76. The van der Waals surface area contributed by atoms with Gasteiger partial charge in [-0.05, 0) is 18.2 Å². The highest BCUT2D eigenvalue weighted by atomic mass is 35.5. The lowest BCUT2D eigenvalue weighted by atomic mass is 10.1. The standard InChI is InChI=1S/C18H13Cl2N7O2/c19-10-3-8(16(21)29)4-11(20)14(10)17-25-12-1-2-22-18(15(12)27-17)26-13-5-9(6-28)23-7-24-13/h1-5,7,28H,6H2,(H2,21,29)(H,25,27)(H,22,23,24,26). The summed E-state index contributed by atoms with van der Waals surface area (Å²) in [4.78, 5) is 31.5. The summed E-state index contributed by atoms with van der Waals surface area (Å²) in [6.07, 6.45) is 2.93. The first-order valence-corrected chi connectivity index (χ1v) is 9.04. The third-order valence-corrected chi connectivity index (χ3v) is 4.69. The average molecular weight is 430 g/mol. The van der Waals surface area contributed by atoms with Crippen LogP contribution in [-0.2, 0) is 6.61 Å². The van der Waals surface area contributed by atoms with Crippen molar-refractivity contribution in [3.8, 4) is 11.4 Å². The zero-order valence-electron chi connectivity index (χ0n) is 14.6. The van der Waals surface area contributed by atoms with E-state index in [-0.39, 0.29) is 22.2 Å². The summed E-state index contributed by atoms with van der Waals surface area (Å²) in [5.74, 6) is 0.664. The van der Waals surface area contributed by atoms with Gasteiger partial charge < -0.3 is 21.1 Å². The van der Waals surface area contributed by atoms with Crippen LogP contribution in [0.2, 0.25) is 10.0 Å². The number of anilines is 2. The molecule has 0 spiro atoms. The summed E-state index contributed by atoms with van der Waals surface area (Å²) in [6.45, 7) is -0.209. The van der Waals surface area contributed by atoms with Gasteiger partial charge in [0, 0.05) is 17.8 Å². The molecule has 5 N–H and O–H groups in total. The number of aromatic amines is 1. The van der Waals surface area contributed by atoms with E-state index in [2.05, 4.69) is 30.2 Å². The molecule has 1 amide bonds. The van der Waals surface area contributed by atoms with Crippen LogP contribution in [0.5, 0.6) is 0 Å². The van der Waals surface area contributed by atoms with E-state index in [1.807, 2.05) is 0 Å². The molecule has 3 heterocycles. The summed E-state index contributed by atoms with van der Waals surface area (Å²) in [5.41, 5.74) is 7.60. The van der Waals surface area contributed by atoms with Gasteiger partial charge in [-0.15, -0.1) is 0 Å². The molecule has 0 saturated carbocycles. The first-order valence-electron chi connectivity index (χ1n) is 8.29. The molecule has 11 heteroatoms. The van der Waals surface area contributed by atoms with Crippen LogP contribution >= 0.6 is 23.2 Å². The molecule has 0 aliphatic heterocycles. The number of rotatable bonds is 5. The molecule has 0 aliphatic rings. The number of carbonyl (C=O) groups is 1. The highest BCUT2D eigenvalue weighted by Crippen LogP contribution is 2.36. The van der Waals surface area contributed by atoms with Gasteiger partial charge in [0.2, 0.25) is 5.91 Å². The lowest BCUT2D eigenvalue weighted by molar-refractivity contribution is 0.100. The predicted molar refractivity (Wildman–Crippen MR) is 109 cm³/mol. The number of pyridine rings is 1. The molecule has 0 radical (unpaired) electrons. The molecule has 0 aliphatic carbocycles. The van der Waals surface area contributed by atoms with Crippen LogP contribution in [0.15, 0.2) is 36.8 Å². The number of halogens is 2. The molecule has 1 aromatic carbocycles. The minimum absolute atomic E-state index is 0.201. The van der Waals surface area contributed by atoms with Gasteiger partial charge in [-0.2, -0.15) is 0 Å². The van der Waals surface area contributed by atoms with Crippen molar-refractivity contribution in [2.45, 2.75) is 6.61 Å². The maximum Gasteiger partial charge on any atom is 0.248 e. The Hall–Kier alpha value is -3.27. The van der Waals surface area contributed by atoms with Crippen molar-refractivity contribution in [1.29, 1.82) is 0 Å². The topological polar surface area (TPSA) is 143 Å². The largest absolute Gasteiger partial charge is 0.390 e. The van der Waals surface area contributed by atoms with E-state index in [0.29, 0.717) is 39.8 Å². The molecule has 0 fully saturated rings. The highest BCUT2D eigenvalue weighted by Gasteiger charge is 2.18. The van der Waals surface area contributed by atoms with Crippen LogP contribution in [0.25, 0.3) is 22.4 Å². The van der Waals surface area contributed by atoms with Crippen LogP contribution in [0.4, 0.5) is 11.6 Å². The summed E-state index contributed by atoms with van der Waals surface area (Å²) in [6, 6.07) is 6.22. The van der Waals surface area contributed by atoms with Crippen LogP contribution in [0.1, 0.15) is 16.1 Å². The van der Waals surface area contributed by atoms with Crippen molar-refractivity contribution < 1.29 is 9.90 Å². The average Bonchev–Trinajstić information content (AvgIpc) is 3.12. The molecule has 9 nitrogen and oxygen atoms in total. The summed E-state index contributed by atoms with van der Waals surface area (Å²) >= 11 is 12.6. The molecule has 0 saturated heterocycles. The van der Waals surface area contributed by atoms with E-state index < -0.39 is 5.91 Å². The number of nitrogens with one attached hydrogen (secondary N) is 2. The number of imidazole rings is 1. The number of nitrogens with zero attached hydrogens (tertiary/aromatic N) is 4. The number of aromatic nitrogens is 5. The highest BCUT2D eigenvalue weighted by molar-refractivity contribution is 6.39. The number of hydrogen-bond acceptors (Lipinski definition) is 7. The van der Waals surface area contributed by atoms with Gasteiger partial charge in [0.25, 0.3) is 0 Å². The zero-order valence-corrected chi connectivity index (χ0v) is 16.2. The predicted octanol–water partition coefficient (Wildman–Crippen LogP) is 3.06. The summed E-state index contributed by atoms with van der Waals surface area (Å²) < 4.78 is 0. The smallest absolute Gasteiger partial charge is 0.248 e. The van der Waals surface area contributed by atoms with E-state index in [4.69, 9.17) is 28.9 Å². The second-order valence-electron chi connectivity index (χ2n) is 6.00. The lowest BCUT2D eigenvalue weighted by Crippen LogP contribution is -2.11. The number of carbonyl (C=O) groups excluding carboxylic acids is 1.